The van der Waals surface area contributed by atoms with E-state index in [4.69, 9.17) is 9.47 Å². The molecule has 0 saturated carbocycles. The first-order chi connectivity index (χ1) is 9.71. The Bertz CT molecular complexity index is 764. The molecule has 1 N–H and O–H groups in total. The number of rotatable bonds is 3. The highest BCUT2D eigenvalue weighted by molar-refractivity contribution is 5.86. The van der Waals surface area contributed by atoms with Crippen molar-refractivity contribution in [2.24, 2.45) is 0 Å². The Morgan fingerprint density at radius 1 is 0.900 bits per heavy atom. The van der Waals surface area contributed by atoms with Crippen LogP contribution in [0.15, 0.2) is 42.5 Å². The number of methoxy groups -OCH3 is 2. The summed E-state index contributed by atoms with van der Waals surface area (Å²) in [4.78, 5) is 3.21. The van der Waals surface area contributed by atoms with Gasteiger partial charge in [0, 0.05) is 22.2 Å². The third kappa shape index (κ3) is 2.09. The fourth-order valence-electron chi connectivity index (χ4n) is 2.26. The molecule has 0 saturated heterocycles. The van der Waals surface area contributed by atoms with E-state index in [1.807, 2.05) is 24.3 Å². The lowest BCUT2D eigenvalue weighted by atomic mass is 10.1. The number of benzene rings is 2. The Labute approximate surface area is 116 Å². The van der Waals surface area contributed by atoms with Crippen LogP contribution in [-0.4, -0.2) is 19.2 Å². The Balaban J connectivity index is 2.10. The molecular formula is C16H14FNO2. The Morgan fingerprint density at radius 3 is 2.45 bits per heavy atom. The molecule has 4 heteroatoms. The fraction of sp³-hybridized carbons (Fsp3) is 0.125. The van der Waals surface area contributed by atoms with Crippen molar-refractivity contribution in [1.29, 1.82) is 0 Å². The van der Waals surface area contributed by atoms with E-state index >= 15 is 0 Å². The highest BCUT2D eigenvalue weighted by atomic mass is 19.1. The number of aromatic nitrogens is 1. The number of aromatic amines is 1. The number of hydrogen-bond acceptors (Lipinski definition) is 2. The van der Waals surface area contributed by atoms with Crippen molar-refractivity contribution in [2.45, 2.75) is 0 Å². The molecule has 1 heterocycles. The molecule has 1 aromatic heterocycles. The molecule has 0 radical (unpaired) electrons. The summed E-state index contributed by atoms with van der Waals surface area (Å²) in [7, 11) is 3.20. The summed E-state index contributed by atoms with van der Waals surface area (Å²) < 4.78 is 23.7. The summed E-state index contributed by atoms with van der Waals surface area (Å²) >= 11 is 0. The van der Waals surface area contributed by atoms with Crippen LogP contribution in [0.5, 0.6) is 11.5 Å². The molecule has 102 valence electrons. The van der Waals surface area contributed by atoms with Crippen LogP contribution in [0.1, 0.15) is 0 Å². The molecule has 0 aliphatic heterocycles. The van der Waals surface area contributed by atoms with Gasteiger partial charge in [0.25, 0.3) is 0 Å². The van der Waals surface area contributed by atoms with Gasteiger partial charge in [0.2, 0.25) is 0 Å². The van der Waals surface area contributed by atoms with Gasteiger partial charge >= 0.3 is 0 Å². The van der Waals surface area contributed by atoms with Crippen molar-refractivity contribution in [2.75, 3.05) is 14.2 Å². The van der Waals surface area contributed by atoms with Crippen LogP contribution in [-0.2, 0) is 0 Å². The maximum atomic E-state index is 13.2. The molecule has 0 amide bonds. The topological polar surface area (TPSA) is 34.2 Å². The van der Waals surface area contributed by atoms with Gasteiger partial charge in [-0.1, -0.05) is 0 Å². The molecule has 3 rings (SSSR count). The SMILES string of the molecule is COc1ccc(-c2cc3ccc(F)cc3[nH]2)cc1OC. The summed E-state index contributed by atoms with van der Waals surface area (Å²) in [5, 5.41) is 0.969. The molecule has 2 aromatic carbocycles. The minimum absolute atomic E-state index is 0.252. The number of nitrogens with one attached hydrogen (secondary N) is 1. The van der Waals surface area contributed by atoms with Gasteiger partial charge in [0.15, 0.2) is 11.5 Å². The summed E-state index contributed by atoms with van der Waals surface area (Å²) in [5.41, 5.74) is 2.64. The van der Waals surface area contributed by atoms with Gasteiger partial charge in [-0.2, -0.15) is 0 Å². The van der Waals surface area contributed by atoms with Crippen LogP contribution in [0.3, 0.4) is 0 Å². The molecule has 3 nitrogen and oxygen atoms in total. The van der Waals surface area contributed by atoms with Crippen LogP contribution < -0.4 is 9.47 Å². The lowest BCUT2D eigenvalue weighted by Gasteiger charge is -2.08. The van der Waals surface area contributed by atoms with E-state index in [-0.39, 0.29) is 5.82 Å². The number of H-pyrrole nitrogens is 1. The van der Waals surface area contributed by atoms with E-state index in [0.29, 0.717) is 11.5 Å². The quantitative estimate of drug-likeness (QED) is 0.781. The van der Waals surface area contributed by atoms with Gasteiger partial charge in [0.1, 0.15) is 5.82 Å². The first-order valence-corrected chi connectivity index (χ1v) is 6.22. The standard InChI is InChI=1S/C16H14FNO2/c1-19-15-6-4-11(8-16(15)20-2)13-7-10-3-5-12(17)9-14(10)18-13/h3-9,18H,1-2H3. The fourth-order valence-corrected chi connectivity index (χ4v) is 2.26. The first kappa shape index (κ1) is 12.5. The molecule has 0 atom stereocenters. The molecule has 0 aliphatic carbocycles. The predicted molar refractivity (Wildman–Crippen MR) is 76.8 cm³/mol. The van der Waals surface area contributed by atoms with Gasteiger partial charge in [-0.25, -0.2) is 4.39 Å². The molecule has 0 fully saturated rings. The second-order valence-electron chi connectivity index (χ2n) is 4.48. The normalized spacial score (nSPS) is 10.8. The maximum Gasteiger partial charge on any atom is 0.161 e. The second kappa shape index (κ2) is 4.89. The van der Waals surface area contributed by atoms with E-state index in [0.717, 1.165) is 22.2 Å². The largest absolute Gasteiger partial charge is 0.493 e. The van der Waals surface area contributed by atoms with Gasteiger partial charge in [0.05, 0.1) is 14.2 Å². The highest BCUT2D eigenvalue weighted by Gasteiger charge is 2.08. The number of hydrogen-bond donors (Lipinski definition) is 1. The zero-order valence-electron chi connectivity index (χ0n) is 11.2. The summed E-state index contributed by atoms with van der Waals surface area (Å²) in [6.45, 7) is 0. The first-order valence-electron chi connectivity index (χ1n) is 6.22. The maximum absolute atomic E-state index is 13.2. The summed E-state index contributed by atoms with van der Waals surface area (Å²) in [6.07, 6.45) is 0. The molecule has 0 unspecified atom stereocenters. The lowest BCUT2D eigenvalue weighted by Crippen LogP contribution is -1.90. The van der Waals surface area contributed by atoms with Crippen LogP contribution in [0, 0.1) is 5.82 Å². The highest BCUT2D eigenvalue weighted by Crippen LogP contribution is 2.33. The smallest absolute Gasteiger partial charge is 0.161 e. The number of halogens is 1. The van der Waals surface area contributed by atoms with Gasteiger partial charge in [-0.3, -0.25) is 0 Å². The molecular weight excluding hydrogens is 257 g/mol. The van der Waals surface area contributed by atoms with Crippen molar-refractivity contribution < 1.29 is 13.9 Å². The molecule has 20 heavy (non-hydrogen) atoms. The Hall–Kier alpha value is -2.49. The summed E-state index contributed by atoms with van der Waals surface area (Å²) in [5.74, 6) is 1.09. The van der Waals surface area contributed by atoms with Crippen LogP contribution in [0.25, 0.3) is 22.2 Å². The van der Waals surface area contributed by atoms with E-state index in [1.54, 1.807) is 20.3 Å². The van der Waals surface area contributed by atoms with Crippen molar-refractivity contribution in [3.05, 3.63) is 48.3 Å². The van der Waals surface area contributed by atoms with Gasteiger partial charge < -0.3 is 14.5 Å². The number of fused-ring (bicyclic) bond motifs is 1. The van der Waals surface area contributed by atoms with Gasteiger partial charge in [-0.05, 0) is 42.5 Å². The van der Waals surface area contributed by atoms with Crippen molar-refractivity contribution in [3.8, 4) is 22.8 Å². The molecule has 3 aromatic rings. The minimum atomic E-state index is -0.252. The average Bonchev–Trinajstić information content (AvgIpc) is 2.89. The van der Waals surface area contributed by atoms with Crippen molar-refractivity contribution >= 4 is 10.9 Å². The Kier molecular flexibility index (Phi) is 3.06. The molecule has 0 aliphatic rings. The second-order valence-corrected chi connectivity index (χ2v) is 4.48. The van der Waals surface area contributed by atoms with Gasteiger partial charge in [-0.15, -0.1) is 0 Å². The van der Waals surface area contributed by atoms with Crippen LogP contribution in [0.4, 0.5) is 4.39 Å². The molecule has 0 bridgehead atoms. The minimum Gasteiger partial charge on any atom is -0.493 e. The van der Waals surface area contributed by atoms with Crippen LogP contribution >= 0.6 is 0 Å². The number of ether oxygens (including phenoxy) is 2. The van der Waals surface area contributed by atoms with E-state index in [1.165, 1.54) is 12.1 Å². The monoisotopic (exact) mass is 271 g/mol. The third-order valence-electron chi connectivity index (χ3n) is 3.28. The van der Waals surface area contributed by atoms with E-state index in [2.05, 4.69) is 4.98 Å². The zero-order valence-corrected chi connectivity index (χ0v) is 11.2. The zero-order chi connectivity index (χ0) is 14.1. The Morgan fingerprint density at radius 2 is 1.70 bits per heavy atom. The van der Waals surface area contributed by atoms with E-state index < -0.39 is 0 Å². The van der Waals surface area contributed by atoms with Crippen molar-refractivity contribution in [1.82, 2.24) is 4.98 Å². The summed E-state index contributed by atoms with van der Waals surface area (Å²) in [6, 6.07) is 12.3. The predicted octanol–water partition coefficient (Wildman–Crippen LogP) is 3.99. The third-order valence-corrected chi connectivity index (χ3v) is 3.28. The average molecular weight is 271 g/mol. The van der Waals surface area contributed by atoms with E-state index in [9.17, 15) is 4.39 Å². The lowest BCUT2D eigenvalue weighted by molar-refractivity contribution is 0.355. The van der Waals surface area contributed by atoms with Crippen LogP contribution in [0.2, 0.25) is 0 Å². The molecule has 0 spiro atoms. The van der Waals surface area contributed by atoms with Crippen molar-refractivity contribution in [3.63, 3.8) is 0 Å².